The van der Waals surface area contributed by atoms with Gasteiger partial charge in [0.1, 0.15) is 4.88 Å². The number of aryl methyl sites for hydroxylation is 1. The molecule has 1 aromatic carbocycles. The van der Waals surface area contributed by atoms with Gasteiger partial charge in [-0.05, 0) is 36.7 Å². The van der Waals surface area contributed by atoms with E-state index in [0.717, 1.165) is 30.3 Å². The molecule has 2 fully saturated rings. The minimum Gasteiger partial charge on any atom is -0.453 e. The van der Waals surface area contributed by atoms with Crippen LogP contribution in [-0.2, 0) is 4.74 Å². The number of amides is 3. The fourth-order valence-corrected chi connectivity index (χ4v) is 4.53. The molecular formula is C21H27N7O4S. The summed E-state index contributed by atoms with van der Waals surface area (Å²) in [5.41, 5.74) is 2.40. The number of benzene rings is 1. The lowest BCUT2D eigenvalue weighted by Gasteiger charge is -2.36. The minimum absolute atomic E-state index is 0.0651. The van der Waals surface area contributed by atoms with Crippen LogP contribution in [0.1, 0.15) is 25.7 Å². The Morgan fingerprint density at radius 3 is 2.42 bits per heavy atom. The van der Waals surface area contributed by atoms with Gasteiger partial charge in [0, 0.05) is 57.9 Å². The summed E-state index contributed by atoms with van der Waals surface area (Å²) in [6.45, 7) is 6.68. The van der Waals surface area contributed by atoms with Gasteiger partial charge >= 0.3 is 6.09 Å². The highest BCUT2D eigenvalue weighted by molar-refractivity contribution is 7.08. The van der Waals surface area contributed by atoms with Crippen LogP contribution in [0.25, 0.3) is 0 Å². The summed E-state index contributed by atoms with van der Waals surface area (Å²) in [5, 5.41) is 10.1. The maximum atomic E-state index is 13.1. The third-order valence-electron chi connectivity index (χ3n) is 5.81. The van der Waals surface area contributed by atoms with Gasteiger partial charge in [-0.25, -0.2) is 4.79 Å². The highest BCUT2D eigenvalue weighted by atomic mass is 32.1. The SMILES string of the molecule is COC(=O)N1CCN(c2ccc(C(=O)N3CCNCC3)cc2NC(=O)c2snnc2C)CC1. The first kappa shape index (κ1) is 22.9. The molecule has 11 nitrogen and oxygen atoms in total. The summed E-state index contributed by atoms with van der Waals surface area (Å²) >= 11 is 1.03. The van der Waals surface area contributed by atoms with Crippen molar-refractivity contribution >= 4 is 40.8 Å². The van der Waals surface area contributed by atoms with Crippen LogP contribution in [0.15, 0.2) is 18.2 Å². The normalized spacial score (nSPS) is 16.5. The van der Waals surface area contributed by atoms with E-state index < -0.39 is 0 Å². The summed E-state index contributed by atoms with van der Waals surface area (Å²) in [7, 11) is 1.37. The highest BCUT2D eigenvalue weighted by Gasteiger charge is 2.26. The maximum Gasteiger partial charge on any atom is 0.409 e. The third kappa shape index (κ3) is 5.06. The number of nitrogens with zero attached hydrogens (tertiary/aromatic N) is 5. The van der Waals surface area contributed by atoms with Gasteiger partial charge in [-0.15, -0.1) is 5.10 Å². The molecule has 3 amide bonds. The minimum atomic E-state index is -0.353. The number of piperazine rings is 2. The Bertz CT molecular complexity index is 1030. The van der Waals surface area contributed by atoms with Gasteiger partial charge in [-0.1, -0.05) is 4.49 Å². The van der Waals surface area contributed by atoms with Crippen LogP contribution < -0.4 is 15.5 Å². The van der Waals surface area contributed by atoms with Crippen molar-refractivity contribution in [3.05, 3.63) is 34.3 Å². The van der Waals surface area contributed by atoms with Crippen LogP contribution in [0.5, 0.6) is 0 Å². The van der Waals surface area contributed by atoms with Gasteiger partial charge in [-0.3, -0.25) is 9.59 Å². The number of aromatic nitrogens is 2. The lowest BCUT2D eigenvalue weighted by atomic mass is 10.1. The summed E-state index contributed by atoms with van der Waals surface area (Å²) < 4.78 is 8.65. The topological polar surface area (TPSA) is 120 Å². The Balaban J connectivity index is 1.59. The number of rotatable bonds is 4. The van der Waals surface area contributed by atoms with Crippen molar-refractivity contribution in [3.8, 4) is 0 Å². The van der Waals surface area contributed by atoms with Crippen LogP contribution >= 0.6 is 11.5 Å². The second-order valence-corrected chi connectivity index (χ2v) is 8.61. The summed E-state index contributed by atoms with van der Waals surface area (Å²) in [5.74, 6) is -0.381. The number of anilines is 2. The predicted octanol–water partition coefficient (Wildman–Crippen LogP) is 1.03. The molecule has 0 unspecified atom stereocenters. The number of hydrogen-bond acceptors (Lipinski definition) is 9. The molecule has 12 heteroatoms. The highest BCUT2D eigenvalue weighted by Crippen LogP contribution is 2.30. The molecule has 1 aromatic heterocycles. The van der Waals surface area contributed by atoms with Crippen molar-refractivity contribution in [2.75, 3.05) is 69.7 Å². The number of carbonyl (C=O) groups is 3. The van der Waals surface area contributed by atoms with Crippen molar-refractivity contribution < 1.29 is 19.1 Å². The molecule has 33 heavy (non-hydrogen) atoms. The number of carbonyl (C=O) groups excluding carboxylic acids is 3. The Kier molecular flexibility index (Phi) is 7.04. The largest absolute Gasteiger partial charge is 0.453 e. The maximum absolute atomic E-state index is 13.1. The van der Waals surface area contributed by atoms with Gasteiger partial charge in [0.05, 0.1) is 24.2 Å². The summed E-state index contributed by atoms with van der Waals surface area (Å²) in [6, 6.07) is 5.38. The molecule has 176 valence electrons. The predicted molar refractivity (Wildman–Crippen MR) is 124 cm³/mol. The van der Waals surface area contributed by atoms with E-state index in [-0.39, 0.29) is 17.9 Å². The first-order valence-corrected chi connectivity index (χ1v) is 11.6. The van der Waals surface area contributed by atoms with Gasteiger partial charge in [0.25, 0.3) is 11.8 Å². The monoisotopic (exact) mass is 473 g/mol. The van der Waals surface area contributed by atoms with E-state index in [4.69, 9.17) is 4.74 Å². The lowest BCUT2D eigenvalue weighted by molar-refractivity contribution is 0.0735. The summed E-state index contributed by atoms with van der Waals surface area (Å²) in [4.78, 5) is 43.8. The van der Waals surface area contributed by atoms with Crippen LogP contribution in [-0.4, -0.2) is 96.8 Å². The lowest BCUT2D eigenvalue weighted by Crippen LogP contribution is -2.49. The Morgan fingerprint density at radius 1 is 1.06 bits per heavy atom. The molecule has 2 aliphatic rings. The zero-order valence-corrected chi connectivity index (χ0v) is 19.5. The first-order valence-electron chi connectivity index (χ1n) is 10.8. The van der Waals surface area contributed by atoms with E-state index in [1.54, 1.807) is 24.0 Å². The standard InChI is InChI=1S/C21H27N7O4S/c1-14-18(33-25-24-14)19(29)23-16-13-15(20(30)27-7-5-22-6-8-27)3-4-17(16)26-9-11-28(12-10-26)21(31)32-2/h3-4,13,22H,5-12H2,1-2H3,(H,23,29). The average molecular weight is 474 g/mol. The molecule has 0 aliphatic carbocycles. The first-order chi connectivity index (χ1) is 16.0. The number of ether oxygens (including phenoxy) is 1. The molecule has 2 N–H and O–H groups in total. The van der Waals surface area contributed by atoms with E-state index in [1.807, 2.05) is 11.0 Å². The van der Waals surface area contributed by atoms with Crippen LogP contribution in [0.4, 0.5) is 16.2 Å². The second-order valence-electron chi connectivity index (χ2n) is 7.86. The van der Waals surface area contributed by atoms with Crippen molar-refractivity contribution in [1.82, 2.24) is 24.7 Å². The second kappa shape index (κ2) is 10.1. The van der Waals surface area contributed by atoms with Gasteiger partial charge < -0.3 is 30.1 Å². The quantitative estimate of drug-likeness (QED) is 0.676. The molecule has 0 saturated carbocycles. The molecule has 4 rings (SSSR count). The molecule has 0 bridgehead atoms. The molecule has 3 heterocycles. The van der Waals surface area contributed by atoms with Crippen LogP contribution in [0.2, 0.25) is 0 Å². The van der Waals surface area contributed by atoms with E-state index in [9.17, 15) is 14.4 Å². The number of methoxy groups -OCH3 is 1. The van der Waals surface area contributed by atoms with Gasteiger partial charge in [-0.2, -0.15) is 0 Å². The van der Waals surface area contributed by atoms with Crippen molar-refractivity contribution in [2.24, 2.45) is 0 Å². The molecule has 2 aliphatic heterocycles. The molecule has 2 saturated heterocycles. The Morgan fingerprint density at radius 2 is 1.79 bits per heavy atom. The van der Waals surface area contributed by atoms with Crippen molar-refractivity contribution in [3.63, 3.8) is 0 Å². The smallest absolute Gasteiger partial charge is 0.409 e. The zero-order valence-electron chi connectivity index (χ0n) is 18.7. The number of hydrogen-bond donors (Lipinski definition) is 2. The van der Waals surface area contributed by atoms with E-state index in [2.05, 4.69) is 25.1 Å². The van der Waals surface area contributed by atoms with Crippen molar-refractivity contribution in [1.29, 1.82) is 0 Å². The molecule has 0 atom stereocenters. The van der Waals surface area contributed by atoms with Crippen LogP contribution in [0.3, 0.4) is 0 Å². The van der Waals surface area contributed by atoms with Gasteiger partial charge in [0.2, 0.25) is 0 Å². The van der Waals surface area contributed by atoms with Crippen molar-refractivity contribution in [2.45, 2.75) is 6.92 Å². The third-order valence-corrected chi connectivity index (χ3v) is 6.63. The fraction of sp³-hybridized carbons (Fsp3) is 0.476. The molecule has 0 radical (unpaired) electrons. The molecule has 2 aromatic rings. The zero-order chi connectivity index (χ0) is 23.4. The van der Waals surface area contributed by atoms with E-state index in [1.165, 1.54) is 7.11 Å². The molecule has 0 spiro atoms. The summed E-state index contributed by atoms with van der Waals surface area (Å²) in [6.07, 6.45) is -0.353. The number of nitrogens with one attached hydrogen (secondary N) is 2. The van der Waals surface area contributed by atoms with E-state index >= 15 is 0 Å². The average Bonchev–Trinajstić information content (AvgIpc) is 3.29. The van der Waals surface area contributed by atoms with E-state index in [0.29, 0.717) is 61.1 Å². The Labute approximate surface area is 195 Å². The molecular weight excluding hydrogens is 446 g/mol. The Hall–Kier alpha value is -3.25. The fourth-order valence-electron chi connectivity index (χ4n) is 3.97. The van der Waals surface area contributed by atoms with Crippen LogP contribution in [0, 0.1) is 6.92 Å². The van der Waals surface area contributed by atoms with Gasteiger partial charge in [0.15, 0.2) is 0 Å².